The molecule has 0 saturated carbocycles. The second-order valence-corrected chi connectivity index (χ2v) is 12.9. The Balaban J connectivity index is 2.06. The first-order valence-electron chi connectivity index (χ1n) is 15.2. The molecule has 1 aliphatic rings. The molecule has 2 rings (SSSR count). The minimum absolute atomic E-state index is 0.0762. The van der Waals surface area contributed by atoms with Crippen LogP contribution in [0.2, 0.25) is 0 Å². The van der Waals surface area contributed by atoms with Crippen molar-refractivity contribution in [3.05, 3.63) is 29.8 Å². The van der Waals surface area contributed by atoms with Crippen LogP contribution in [-0.2, 0) is 30.0 Å². The van der Waals surface area contributed by atoms with Gasteiger partial charge in [-0.15, -0.1) is 0 Å². The molecule has 0 bridgehead atoms. The van der Waals surface area contributed by atoms with E-state index in [4.69, 9.17) is 15.2 Å². The van der Waals surface area contributed by atoms with Crippen molar-refractivity contribution in [1.29, 1.82) is 0 Å². The van der Waals surface area contributed by atoms with Crippen molar-refractivity contribution in [3.8, 4) is 5.75 Å². The van der Waals surface area contributed by atoms with Crippen LogP contribution in [0.15, 0.2) is 24.3 Å². The molecule has 8 N–H and O–H groups in total. The number of nitrogens with two attached hydrogens (primary N) is 1. The Morgan fingerprint density at radius 2 is 1.23 bits per heavy atom. The van der Waals surface area contributed by atoms with Crippen molar-refractivity contribution in [2.45, 2.75) is 18.9 Å². The van der Waals surface area contributed by atoms with E-state index in [1.54, 1.807) is 39.0 Å². The van der Waals surface area contributed by atoms with E-state index < -0.39 is 44.3 Å². The van der Waals surface area contributed by atoms with E-state index in [-0.39, 0.29) is 110 Å². The number of carbonyl (C=O) groups is 6. The number of carboxylic acid groups (broad SMARTS) is 5. The fourth-order valence-corrected chi connectivity index (χ4v) is 5.76. The fraction of sp³-hybridized carbons (Fsp3) is 0.552. The average molecular weight is 697 g/mol. The normalized spacial score (nSPS) is 15.6. The Bertz CT molecular complexity index is 1280. The molecule has 0 aromatic heterocycles. The molecule has 265 valence electrons. The minimum Gasteiger partial charge on any atom is -0.492 e. The third kappa shape index (κ3) is 15.9. The molecule has 1 fully saturated rings. The zero-order valence-corrected chi connectivity index (χ0v) is 27.6. The molecule has 1 amide bonds. The van der Waals surface area contributed by atoms with Gasteiger partial charge in [-0.3, -0.25) is 38.7 Å². The van der Waals surface area contributed by atoms with Crippen LogP contribution in [0.3, 0.4) is 0 Å². The number of hydrogen-bond acceptors (Lipinski definition) is 11. The molecule has 1 saturated heterocycles. The molecule has 0 aliphatic carbocycles. The van der Waals surface area contributed by atoms with E-state index in [0.29, 0.717) is 5.75 Å². The van der Waals surface area contributed by atoms with Crippen molar-refractivity contribution in [1.82, 2.24) is 20.0 Å². The van der Waals surface area contributed by atoms with Gasteiger partial charge in [0.15, 0.2) is 13.1 Å². The third-order valence-electron chi connectivity index (χ3n) is 7.42. The summed E-state index contributed by atoms with van der Waals surface area (Å²) in [6.45, 7) is 0.425. The Morgan fingerprint density at radius 1 is 0.750 bits per heavy atom. The molecule has 0 spiro atoms. The van der Waals surface area contributed by atoms with Crippen LogP contribution < -0.4 is 15.5 Å². The summed E-state index contributed by atoms with van der Waals surface area (Å²) in [7, 11) is -2.03. The lowest BCUT2D eigenvalue weighted by Gasteiger charge is -2.29. The number of hydrogen-bond donors (Lipinski definition) is 7. The topological polar surface area (TPSA) is 264 Å². The summed E-state index contributed by atoms with van der Waals surface area (Å²) in [6, 6.07) is 7.02. The Labute approximate surface area is 278 Å². The first-order valence-corrected chi connectivity index (χ1v) is 17.0. The van der Waals surface area contributed by atoms with Gasteiger partial charge in [-0.25, -0.2) is 9.37 Å². The zero-order valence-electron chi connectivity index (χ0n) is 26.6. The van der Waals surface area contributed by atoms with Gasteiger partial charge in [-0.1, -0.05) is 12.1 Å². The van der Waals surface area contributed by atoms with Crippen LogP contribution in [-0.4, -0.2) is 180 Å². The number of benzene rings is 1. The fourth-order valence-electron chi connectivity index (χ4n) is 4.93. The van der Waals surface area contributed by atoms with E-state index in [2.05, 4.69) is 5.32 Å². The number of ether oxygens (including phenoxy) is 1. The highest BCUT2D eigenvalue weighted by atomic mass is 28.3. The summed E-state index contributed by atoms with van der Waals surface area (Å²) >= 11 is 0. The lowest BCUT2D eigenvalue weighted by Crippen LogP contribution is -2.48. The quantitative estimate of drug-likeness (QED) is 0.0526. The maximum Gasteiger partial charge on any atom is 0.396 e. The lowest BCUT2D eigenvalue weighted by atomic mass is 10.2. The maximum atomic E-state index is 12.6. The number of aliphatic carboxylic acids is 4. The van der Waals surface area contributed by atoms with Gasteiger partial charge in [0.1, 0.15) is 12.4 Å². The number of rotatable bonds is 17. The van der Waals surface area contributed by atoms with Crippen molar-refractivity contribution in [3.63, 3.8) is 0 Å². The second-order valence-electron chi connectivity index (χ2n) is 11.1. The molecule has 1 aliphatic heterocycles. The molecule has 1 radical (unpaired) electrons. The van der Waals surface area contributed by atoms with Gasteiger partial charge < -0.3 is 41.0 Å². The van der Waals surface area contributed by atoms with Gasteiger partial charge in [-0.05, 0) is 23.7 Å². The standard InChI is InChI=1S/C29H43N6O12Si/c30-48(29(45)46)20-21-1-3-22(4-2-21)47-16-7-31-24(36)6-5-23(28(43)44)35-14-12-33(18-26(39)40)10-8-32(17-25(37)38)9-11-34(13-15-35)19-27(41)42/h1-4H,5-20,30H2,(H5-,31,36,37,38,39,40,41,42,43,44,45,46)/p+1. The lowest BCUT2D eigenvalue weighted by molar-refractivity contribution is -0.528. The highest BCUT2D eigenvalue weighted by Crippen LogP contribution is 2.13. The van der Waals surface area contributed by atoms with Crippen molar-refractivity contribution in [2.75, 3.05) is 85.1 Å². The smallest absolute Gasteiger partial charge is 0.396 e. The summed E-state index contributed by atoms with van der Waals surface area (Å²) in [5.74, 6) is -4.47. The number of carboxylic acids is 4. The average Bonchev–Trinajstić information content (AvgIpc) is 3.00. The minimum atomic E-state index is -2.03. The molecule has 48 heavy (non-hydrogen) atoms. The first-order chi connectivity index (χ1) is 22.7. The van der Waals surface area contributed by atoms with Gasteiger partial charge in [0, 0.05) is 39.0 Å². The number of amides is 1. The molecule has 1 heterocycles. The Kier molecular flexibility index (Phi) is 17.2. The van der Waals surface area contributed by atoms with Crippen LogP contribution in [0.5, 0.6) is 5.75 Å². The zero-order chi connectivity index (χ0) is 35.6. The van der Waals surface area contributed by atoms with Crippen LogP contribution in [0.25, 0.3) is 0 Å². The van der Waals surface area contributed by atoms with E-state index in [1.807, 2.05) is 0 Å². The summed E-state index contributed by atoms with van der Waals surface area (Å²) in [4.78, 5) is 75.0. The highest BCUT2D eigenvalue weighted by Gasteiger charge is 2.27. The van der Waals surface area contributed by atoms with Crippen LogP contribution in [0.1, 0.15) is 18.4 Å². The number of nitrogens with one attached hydrogen (secondary N) is 1. The van der Waals surface area contributed by atoms with E-state index >= 15 is 0 Å². The van der Waals surface area contributed by atoms with Gasteiger partial charge in [0.05, 0.1) is 39.3 Å². The molecule has 1 aromatic carbocycles. The van der Waals surface area contributed by atoms with Gasteiger partial charge in [-0.2, -0.15) is 0 Å². The van der Waals surface area contributed by atoms with Gasteiger partial charge >= 0.3 is 23.9 Å². The molecule has 18 nitrogen and oxygen atoms in total. The van der Waals surface area contributed by atoms with E-state index in [9.17, 15) is 49.2 Å². The van der Waals surface area contributed by atoms with Crippen molar-refractivity contribution < 1.29 is 63.6 Å². The van der Waals surface area contributed by atoms with Crippen LogP contribution in [0.4, 0.5) is 4.79 Å². The molecule has 0 unspecified atom stereocenters. The summed E-state index contributed by atoms with van der Waals surface area (Å²) in [5.41, 5.74) is -0.315. The monoisotopic (exact) mass is 696 g/mol. The molecule has 19 heteroatoms. The molecular formula is C29H44N6O12Si+. The van der Waals surface area contributed by atoms with Crippen LogP contribution in [0, 0.1) is 0 Å². The Morgan fingerprint density at radius 3 is 1.67 bits per heavy atom. The van der Waals surface area contributed by atoms with Crippen molar-refractivity contribution in [2.24, 2.45) is 5.40 Å². The first kappa shape index (κ1) is 39.7. The van der Waals surface area contributed by atoms with Gasteiger partial charge in [0.25, 0.3) is 20.3 Å². The predicted molar refractivity (Wildman–Crippen MR) is 171 cm³/mol. The summed E-state index contributed by atoms with van der Waals surface area (Å²) in [6.07, 6.45) is -0.310. The Hall–Kier alpha value is -4.43. The maximum absolute atomic E-state index is 12.6. The number of nitrogens with zero attached hydrogens (tertiary/aromatic N) is 4. The SMILES string of the molecule is N[Si](Cc1ccc(OCCNC(=O)CCC(C(=O)O)=[N+]2CCN(CC(=O)O)CCN(CC(=O)O)CCN(CC(=O)O)CC2)cc1)C(=O)O. The summed E-state index contributed by atoms with van der Waals surface area (Å²) in [5, 5.41) is 55.5. The molecular weight excluding hydrogens is 652 g/mol. The third-order valence-corrected chi connectivity index (χ3v) is 8.76. The largest absolute Gasteiger partial charge is 0.492 e. The van der Waals surface area contributed by atoms with Crippen LogP contribution >= 0.6 is 0 Å². The van der Waals surface area contributed by atoms with E-state index in [1.165, 1.54) is 4.58 Å². The van der Waals surface area contributed by atoms with Gasteiger partial charge in [0.2, 0.25) is 5.91 Å². The van der Waals surface area contributed by atoms with Crippen molar-refractivity contribution >= 4 is 50.0 Å². The summed E-state index contributed by atoms with van der Waals surface area (Å²) < 4.78 is 7.13. The molecule has 0 atom stereocenters. The second kappa shape index (κ2) is 20.7. The molecule has 1 aromatic rings. The van der Waals surface area contributed by atoms with E-state index in [0.717, 1.165) is 5.56 Å². The highest BCUT2D eigenvalue weighted by molar-refractivity contribution is 6.85. The number of carbonyl (C=O) groups excluding carboxylic acids is 1. The predicted octanol–water partition coefficient (Wildman–Crippen LogP) is -2.04.